The summed E-state index contributed by atoms with van der Waals surface area (Å²) >= 11 is 0. The summed E-state index contributed by atoms with van der Waals surface area (Å²) in [5.74, 6) is -1.59. The van der Waals surface area contributed by atoms with E-state index >= 15 is 0 Å². The van der Waals surface area contributed by atoms with Gasteiger partial charge < -0.3 is 9.84 Å². The first kappa shape index (κ1) is 18.1. The highest BCUT2D eigenvalue weighted by Crippen LogP contribution is 2.18. The standard InChI is InChI=1S/C9H16F3NO5S/c1-2-18-8(15)3-6-19(16,17)13(4-5-14)7-9(10,11)12/h14H,2-7H2,1H3. The van der Waals surface area contributed by atoms with E-state index in [-0.39, 0.29) is 10.9 Å². The zero-order valence-corrected chi connectivity index (χ0v) is 11.1. The molecule has 6 nitrogen and oxygen atoms in total. The minimum absolute atomic E-state index is 0.0573. The van der Waals surface area contributed by atoms with Gasteiger partial charge in [-0.25, -0.2) is 8.42 Å². The Kier molecular flexibility index (Phi) is 7.30. The third-order valence-electron chi connectivity index (χ3n) is 1.97. The van der Waals surface area contributed by atoms with Crippen LogP contribution in [0, 0.1) is 0 Å². The quantitative estimate of drug-likeness (QED) is 0.644. The van der Waals surface area contributed by atoms with Crippen LogP contribution < -0.4 is 0 Å². The number of nitrogens with zero attached hydrogens (tertiary/aromatic N) is 1. The van der Waals surface area contributed by atoms with Crippen molar-refractivity contribution >= 4 is 16.0 Å². The van der Waals surface area contributed by atoms with Crippen LogP contribution in [-0.4, -0.2) is 62.0 Å². The van der Waals surface area contributed by atoms with E-state index in [0.29, 0.717) is 0 Å². The largest absolute Gasteiger partial charge is 0.466 e. The molecule has 0 fully saturated rings. The van der Waals surface area contributed by atoms with Gasteiger partial charge in [0.25, 0.3) is 0 Å². The Bertz CT molecular complexity index is 382. The van der Waals surface area contributed by atoms with Gasteiger partial charge >= 0.3 is 12.1 Å². The molecule has 19 heavy (non-hydrogen) atoms. The van der Waals surface area contributed by atoms with Crippen LogP contribution >= 0.6 is 0 Å². The van der Waals surface area contributed by atoms with Crippen LogP contribution in [0.5, 0.6) is 0 Å². The number of carbonyl (C=O) groups excluding carboxylic acids is 1. The summed E-state index contributed by atoms with van der Waals surface area (Å²) in [5.41, 5.74) is 0. The van der Waals surface area contributed by atoms with Crippen LogP contribution in [0.1, 0.15) is 13.3 Å². The predicted molar refractivity (Wildman–Crippen MR) is 59.8 cm³/mol. The van der Waals surface area contributed by atoms with E-state index in [9.17, 15) is 26.4 Å². The van der Waals surface area contributed by atoms with Gasteiger partial charge in [-0.1, -0.05) is 0 Å². The van der Waals surface area contributed by atoms with Crippen molar-refractivity contribution in [1.82, 2.24) is 4.31 Å². The lowest BCUT2D eigenvalue weighted by molar-refractivity contribution is -0.142. The van der Waals surface area contributed by atoms with E-state index in [4.69, 9.17) is 5.11 Å². The number of aliphatic hydroxyl groups excluding tert-OH is 1. The number of carbonyl (C=O) groups is 1. The van der Waals surface area contributed by atoms with Crippen molar-refractivity contribution in [2.75, 3.05) is 32.1 Å². The molecule has 0 aliphatic heterocycles. The Hall–Kier alpha value is -0.870. The first-order valence-electron chi connectivity index (χ1n) is 5.43. The molecule has 0 bridgehead atoms. The number of esters is 1. The maximum atomic E-state index is 12.2. The van der Waals surface area contributed by atoms with Crippen molar-refractivity contribution in [3.8, 4) is 0 Å². The molecule has 0 atom stereocenters. The molecule has 0 spiro atoms. The molecular formula is C9H16F3NO5S. The molecule has 114 valence electrons. The Balaban J connectivity index is 4.66. The van der Waals surface area contributed by atoms with E-state index in [1.807, 2.05) is 0 Å². The number of halogens is 3. The van der Waals surface area contributed by atoms with E-state index in [2.05, 4.69) is 4.74 Å². The lowest BCUT2D eigenvalue weighted by Gasteiger charge is -2.22. The highest BCUT2D eigenvalue weighted by atomic mass is 32.2. The summed E-state index contributed by atoms with van der Waals surface area (Å²) in [6.45, 7) is -1.53. The van der Waals surface area contributed by atoms with Gasteiger partial charge in [-0.15, -0.1) is 0 Å². The SMILES string of the molecule is CCOC(=O)CCS(=O)(=O)N(CCO)CC(F)(F)F. The topological polar surface area (TPSA) is 83.9 Å². The minimum Gasteiger partial charge on any atom is -0.466 e. The van der Waals surface area contributed by atoms with Gasteiger partial charge in [0.15, 0.2) is 0 Å². The summed E-state index contributed by atoms with van der Waals surface area (Å²) < 4.78 is 64.4. The van der Waals surface area contributed by atoms with Crippen molar-refractivity contribution in [1.29, 1.82) is 0 Å². The summed E-state index contributed by atoms with van der Waals surface area (Å²) in [6.07, 6.45) is -5.25. The highest BCUT2D eigenvalue weighted by molar-refractivity contribution is 7.89. The molecule has 0 radical (unpaired) electrons. The van der Waals surface area contributed by atoms with E-state index in [0.717, 1.165) is 0 Å². The molecule has 0 aromatic rings. The Labute approximate surface area is 109 Å². The molecule has 0 saturated heterocycles. The number of hydrogen-bond donors (Lipinski definition) is 1. The monoisotopic (exact) mass is 307 g/mol. The molecule has 1 N–H and O–H groups in total. The van der Waals surface area contributed by atoms with Gasteiger partial charge in [0.1, 0.15) is 6.54 Å². The number of sulfonamides is 1. The average Bonchev–Trinajstić information content (AvgIpc) is 2.25. The van der Waals surface area contributed by atoms with Crippen LogP contribution in [-0.2, 0) is 19.6 Å². The second-order valence-corrected chi connectivity index (χ2v) is 5.63. The summed E-state index contributed by atoms with van der Waals surface area (Å²) in [4.78, 5) is 11.0. The van der Waals surface area contributed by atoms with Gasteiger partial charge in [0.05, 0.1) is 25.4 Å². The van der Waals surface area contributed by atoms with Crippen molar-refractivity contribution in [2.24, 2.45) is 0 Å². The fraction of sp³-hybridized carbons (Fsp3) is 0.889. The molecule has 10 heteroatoms. The number of alkyl halides is 3. The van der Waals surface area contributed by atoms with E-state index < -0.39 is 54.0 Å². The molecule has 0 aromatic heterocycles. The Morgan fingerprint density at radius 1 is 1.37 bits per heavy atom. The maximum absolute atomic E-state index is 12.2. The maximum Gasteiger partial charge on any atom is 0.402 e. The summed E-state index contributed by atoms with van der Waals surface area (Å²) in [5, 5.41) is 8.59. The van der Waals surface area contributed by atoms with Gasteiger partial charge in [0, 0.05) is 6.54 Å². The molecule has 0 aliphatic rings. The number of aliphatic hydroxyl groups is 1. The lowest BCUT2D eigenvalue weighted by Crippen LogP contribution is -2.42. The second-order valence-electron chi connectivity index (χ2n) is 3.54. The molecule has 0 aromatic carbocycles. The fourth-order valence-electron chi connectivity index (χ4n) is 1.20. The van der Waals surface area contributed by atoms with Crippen LogP contribution in [0.4, 0.5) is 13.2 Å². The fourth-order valence-corrected chi connectivity index (χ4v) is 2.59. The van der Waals surface area contributed by atoms with Crippen molar-refractivity contribution in [2.45, 2.75) is 19.5 Å². The van der Waals surface area contributed by atoms with Gasteiger partial charge in [-0.2, -0.15) is 17.5 Å². The molecule has 0 rings (SSSR count). The van der Waals surface area contributed by atoms with Crippen LogP contribution in [0.25, 0.3) is 0 Å². The van der Waals surface area contributed by atoms with Crippen LogP contribution in [0.2, 0.25) is 0 Å². The molecule has 0 saturated carbocycles. The molecule has 0 heterocycles. The van der Waals surface area contributed by atoms with Crippen molar-refractivity contribution in [3.63, 3.8) is 0 Å². The second kappa shape index (κ2) is 7.65. The number of hydrogen-bond acceptors (Lipinski definition) is 5. The smallest absolute Gasteiger partial charge is 0.402 e. The molecule has 0 unspecified atom stereocenters. The number of rotatable bonds is 8. The summed E-state index contributed by atoms with van der Waals surface area (Å²) in [7, 11) is -4.28. The number of ether oxygens (including phenoxy) is 1. The lowest BCUT2D eigenvalue weighted by atomic mass is 10.5. The molecule has 0 amide bonds. The Morgan fingerprint density at radius 3 is 2.37 bits per heavy atom. The third-order valence-corrected chi connectivity index (χ3v) is 3.79. The van der Waals surface area contributed by atoms with Gasteiger partial charge in [-0.3, -0.25) is 4.79 Å². The molecular weight excluding hydrogens is 291 g/mol. The van der Waals surface area contributed by atoms with E-state index in [1.165, 1.54) is 6.92 Å². The predicted octanol–water partition coefficient (Wildman–Crippen LogP) is 0.126. The van der Waals surface area contributed by atoms with Crippen LogP contribution in [0.3, 0.4) is 0 Å². The average molecular weight is 307 g/mol. The first-order valence-corrected chi connectivity index (χ1v) is 7.04. The van der Waals surface area contributed by atoms with Crippen molar-refractivity contribution < 1.29 is 36.2 Å². The highest BCUT2D eigenvalue weighted by Gasteiger charge is 2.36. The van der Waals surface area contributed by atoms with E-state index in [1.54, 1.807) is 0 Å². The summed E-state index contributed by atoms with van der Waals surface area (Å²) in [6, 6.07) is 0. The van der Waals surface area contributed by atoms with Gasteiger partial charge in [-0.05, 0) is 6.92 Å². The first-order chi connectivity index (χ1) is 8.62. The van der Waals surface area contributed by atoms with Crippen LogP contribution in [0.15, 0.2) is 0 Å². The Morgan fingerprint density at radius 2 is 1.95 bits per heavy atom. The zero-order chi connectivity index (χ0) is 15.1. The third kappa shape index (κ3) is 8.01. The zero-order valence-electron chi connectivity index (χ0n) is 10.3. The molecule has 0 aliphatic carbocycles. The van der Waals surface area contributed by atoms with Gasteiger partial charge in [0.2, 0.25) is 10.0 Å². The normalized spacial score (nSPS) is 12.7. The minimum atomic E-state index is -4.72. The van der Waals surface area contributed by atoms with Crippen molar-refractivity contribution in [3.05, 3.63) is 0 Å².